The van der Waals surface area contributed by atoms with Crippen molar-refractivity contribution >= 4 is 17.5 Å². The molecule has 4 aliphatic rings. The highest BCUT2D eigenvalue weighted by molar-refractivity contribution is 6.26. The maximum atomic E-state index is 13.5. The van der Waals surface area contributed by atoms with E-state index in [9.17, 15) is 24.6 Å². The van der Waals surface area contributed by atoms with Crippen LogP contribution in [0.2, 0.25) is 0 Å². The predicted octanol–water partition coefficient (Wildman–Crippen LogP) is 0.684. The molecule has 0 aromatic heterocycles. The van der Waals surface area contributed by atoms with Crippen molar-refractivity contribution in [2.75, 3.05) is 20.7 Å². The second-order valence-electron chi connectivity index (χ2n) is 9.66. The van der Waals surface area contributed by atoms with Crippen molar-refractivity contribution in [3.63, 3.8) is 0 Å². The highest BCUT2D eigenvalue weighted by Gasteiger charge is 2.83. The minimum atomic E-state index is -1.54. The Hall–Kier alpha value is -2.37. The number of likely N-dealkylation sites (N-methyl/N-ethyl adjacent to an activating group) is 1. The lowest BCUT2D eigenvalue weighted by Crippen LogP contribution is -2.53. The van der Waals surface area contributed by atoms with Gasteiger partial charge in [0.15, 0.2) is 17.0 Å². The summed E-state index contributed by atoms with van der Waals surface area (Å²) in [5.41, 5.74) is -2.68. The standard InChI is InChI=1S/C23H27NO9/c1-10-18(27)14(24(2)3)7-15(32-10)12-4-5-13-17(19(12)28)21(30)23-9-31-11(6-16(25)26)8-22(23,33-23)20(13)29/h4-5,10-11,14-15,18,27-28H,6-9H2,1-3H3,(H,25,26)/t10-,11+,14-,15-,18-,22?,23?/m1/s1. The molecule has 3 N–H and O–H groups in total. The van der Waals surface area contributed by atoms with E-state index < -0.39 is 53.2 Å². The van der Waals surface area contributed by atoms with Crippen LogP contribution in [-0.4, -0.2) is 94.0 Å². The van der Waals surface area contributed by atoms with Crippen LogP contribution in [0.3, 0.4) is 0 Å². The molecule has 7 atom stereocenters. The number of phenolic OH excluding ortho intramolecular Hbond substituents is 1. The van der Waals surface area contributed by atoms with Gasteiger partial charge < -0.3 is 34.4 Å². The number of fused-ring (bicyclic) bond motifs is 1. The van der Waals surface area contributed by atoms with Gasteiger partial charge in [-0.15, -0.1) is 0 Å². The van der Waals surface area contributed by atoms with Gasteiger partial charge in [0, 0.05) is 23.6 Å². The van der Waals surface area contributed by atoms with Gasteiger partial charge >= 0.3 is 5.97 Å². The summed E-state index contributed by atoms with van der Waals surface area (Å²) in [4.78, 5) is 39.9. The number of rotatable bonds is 4. The van der Waals surface area contributed by atoms with Crippen LogP contribution >= 0.6 is 0 Å². The fraction of sp³-hybridized carbons (Fsp3) is 0.609. The summed E-state index contributed by atoms with van der Waals surface area (Å²) in [5.74, 6) is -2.39. The second-order valence-corrected chi connectivity index (χ2v) is 9.66. The van der Waals surface area contributed by atoms with Gasteiger partial charge in [0.1, 0.15) is 5.75 Å². The lowest BCUT2D eigenvalue weighted by atomic mass is 9.70. The van der Waals surface area contributed by atoms with Crippen LogP contribution in [0.4, 0.5) is 0 Å². The third kappa shape index (κ3) is 3.01. The Kier molecular flexibility index (Phi) is 4.97. The fourth-order valence-electron chi connectivity index (χ4n) is 5.67. The van der Waals surface area contributed by atoms with Crippen molar-refractivity contribution in [1.82, 2.24) is 4.90 Å². The number of carboxylic acid groups (broad SMARTS) is 1. The molecular formula is C23H27NO9. The number of hydrogen-bond donors (Lipinski definition) is 3. The van der Waals surface area contributed by atoms with Crippen molar-refractivity contribution in [3.05, 3.63) is 28.8 Å². The number of ketones is 2. The minimum Gasteiger partial charge on any atom is -0.507 e. The first kappa shape index (κ1) is 22.4. The van der Waals surface area contributed by atoms with E-state index in [1.807, 2.05) is 19.0 Å². The van der Waals surface area contributed by atoms with Crippen LogP contribution in [0.25, 0.3) is 0 Å². The first-order valence-electron chi connectivity index (χ1n) is 11.0. The molecule has 1 aliphatic carbocycles. The molecule has 5 rings (SSSR count). The largest absolute Gasteiger partial charge is 0.507 e. The minimum absolute atomic E-state index is 0.0303. The molecule has 3 heterocycles. The number of hydrogen-bond acceptors (Lipinski definition) is 9. The molecule has 3 fully saturated rings. The number of carbonyl (C=O) groups is 3. The summed E-state index contributed by atoms with van der Waals surface area (Å²) in [6.07, 6.45) is -2.48. The van der Waals surface area contributed by atoms with E-state index in [-0.39, 0.29) is 42.4 Å². The smallest absolute Gasteiger partial charge is 0.305 e. The Morgan fingerprint density at radius 1 is 1.21 bits per heavy atom. The van der Waals surface area contributed by atoms with Gasteiger partial charge in [-0.3, -0.25) is 14.4 Å². The van der Waals surface area contributed by atoms with Crippen LogP contribution in [0, 0.1) is 0 Å². The fourth-order valence-corrected chi connectivity index (χ4v) is 5.67. The molecule has 1 aromatic rings. The number of phenols is 1. The SMILES string of the molecule is C[C@H]1O[C@@H](c2ccc3c(c2O)C(=O)C24CO[C@@H](CC(=O)O)CC2(O4)C3=O)C[C@@H](N(C)C)[C@@H]1O. The normalized spacial score (nSPS) is 39.6. The lowest BCUT2D eigenvalue weighted by molar-refractivity contribution is -0.142. The van der Waals surface area contributed by atoms with Gasteiger partial charge in [-0.1, -0.05) is 6.07 Å². The number of carbonyl (C=O) groups excluding carboxylic acids is 2. The summed E-state index contributed by atoms with van der Waals surface area (Å²) in [6.45, 7) is 1.50. The van der Waals surface area contributed by atoms with E-state index in [0.29, 0.717) is 12.0 Å². The average molecular weight is 461 g/mol. The monoisotopic (exact) mass is 461 g/mol. The van der Waals surface area contributed by atoms with Crippen LogP contribution in [0.15, 0.2) is 12.1 Å². The van der Waals surface area contributed by atoms with Gasteiger partial charge in [-0.25, -0.2) is 0 Å². The number of carboxylic acids is 1. The van der Waals surface area contributed by atoms with E-state index in [2.05, 4.69) is 0 Å². The molecule has 10 nitrogen and oxygen atoms in total. The summed E-state index contributed by atoms with van der Waals surface area (Å²) < 4.78 is 17.3. The molecule has 3 saturated heterocycles. The number of aliphatic hydroxyl groups excluding tert-OH is 1. The summed E-state index contributed by atoms with van der Waals surface area (Å²) in [6, 6.07) is 2.85. The van der Waals surface area contributed by atoms with Crippen LogP contribution < -0.4 is 0 Å². The summed E-state index contributed by atoms with van der Waals surface area (Å²) >= 11 is 0. The highest BCUT2D eigenvalue weighted by Crippen LogP contribution is 2.62. The molecule has 0 amide bonds. The van der Waals surface area contributed by atoms with Gasteiger partial charge in [0.05, 0.1) is 43.0 Å². The molecule has 0 saturated carbocycles. The first-order valence-corrected chi connectivity index (χ1v) is 11.0. The maximum absolute atomic E-state index is 13.5. The highest BCUT2D eigenvalue weighted by atomic mass is 16.7. The Bertz CT molecular complexity index is 1050. The van der Waals surface area contributed by atoms with Crippen LogP contribution in [0.5, 0.6) is 5.75 Å². The third-order valence-corrected chi connectivity index (χ3v) is 7.53. The number of benzene rings is 1. The number of aliphatic carboxylic acids is 1. The van der Waals surface area contributed by atoms with Crippen molar-refractivity contribution < 1.29 is 43.9 Å². The van der Waals surface area contributed by atoms with E-state index in [4.69, 9.17) is 19.3 Å². The maximum Gasteiger partial charge on any atom is 0.305 e. The van der Waals surface area contributed by atoms with E-state index in [1.54, 1.807) is 13.0 Å². The van der Waals surface area contributed by atoms with E-state index in [0.717, 1.165) is 0 Å². The zero-order valence-electron chi connectivity index (χ0n) is 18.6. The number of ether oxygens (including phenoxy) is 3. The van der Waals surface area contributed by atoms with Gasteiger partial charge in [0.2, 0.25) is 5.78 Å². The molecule has 3 aliphatic heterocycles. The quantitative estimate of drug-likeness (QED) is 0.547. The molecule has 178 valence electrons. The molecule has 0 radical (unpaired) electrons. The second kappa shape index (κ2) is 7.31. The number of aliphatic hydroxyl groups is 1. The van der Waals surface area contributed by atoms with Crippen LogP contribution in [0.1, 0.15) is 58.6 Å². The number of aromatic hydroxyl groups is 1. The van der Waals surface area contributed by atoms with Crippen molar-refractivity contribution in [2.24, 2.45) is 0 Å². The predicted molar refractivity (Wildman–Crippen MR) is 111 cm³/mol. The van der Waals surface area contributed by atoms with Gasteiger partial charge in [0.25, 0.3) is 0 Å². The number of Topliss-reactive ketones (excluding diaryl/α,β-unsaturated/α-hetero) is 2. The molecule has 0 bridgehead atoms. The molecule has 2 unspecified atom stereocenters. The Morgan fingerprint density at radius 2 is 1.94 bits per heavy atom. The molecule has 33 heavy (non-hydrogen) atoms. The van der Waals surface area contributed by atoms with E-state index in [1.165, 1.54) is 6.07 Å². The molecular weight excluding hydrogens is 434 g/mol. The first-order chi connectivity index (χ1) is 15.5. The van der Waals surface area contributed by atoms with Crippen LogP contribution in [-0.2, 0) is 19.0 Å². The topological polar surface area (TPSA) is 146 Å². The third-order valence-electron chi connectivity index (χ3n) is 7.53. The van der Waals surface area contributed by atoms with Gasteiger partial charge in [-0.2, -0.15) is 0 Å². The van der Waals surface area contributed by atoms with Crippen molar-refractivity contribution in [2.45, 2.75) is 67.8 Å². The number of nitrogens with zero attached hydrogens (tertiary/aromatic N) is 1. The molecule has 0 spiro atoms. The summed E-state index contributed by atoms with van der Waals surface area (Å²) in [7, 11) is 3.70. The molecule has 1 aromatic carbocycles. The Balaban J connectivity index is 1.51. The Morgan fingerprint density at radius 3 is 2.61 bits per heavy atom. The van der Waals surface area contributed by atoms with E-state index >= 15 is 0 Å². The lowest BCUT2D eigenvalue weighted by Gasteiger charge is -2.41. The zero-order valence-corrected chi connectivity index (χ0v) is 18.6. The average Bonchev–Trinajstić information content (AvgIpc) is 3.45. The Labute approximate surface area is 190 Å². The summed E-state index contributed by atoms with van der Waals surface area (Å²) in [5, 5.41) is 30.7. The van der Waals surface area contributed by atoms with Gasteiger partial charge in [-0.05, 0) is 33.5 Å². The van der Waals surface area contributed by atoms with Crippen molar-refractivity contribution in [3.8, 4) is 5.75 Å². The molecule has 10 heteroatoms. The number of epoxide rings is 1. The van der Waals surface area contributed by atoms with Crippen molar-refractivity contribution in [1.29, 1.82) is 0 Å². The zero-order chi connectivity index (χ0) is 23.9.